The molecule has 0 aliphatic rings. The molecular formula is C14H14BrNO3S. The number of hydrogen-bond acceptors (Lipinski definition) is 4. The molecule has 0 aliphatic heterocycles. The van der Waals surface area contributed by atoms with Crippen LogP contribution < -0.4 is 9.92 Å². The molecule has 0 unspecified atom stereocenters. The highest BCUT2D eigenvalue weighted by atomic mass is 79.9. The lowest BCUT2D eigenvalue weighted by Crippen LogP contribution is -2.10. The zero-order valence-corrected chi connectivity index (χ0v) is 13.5. The van der Waals surface area contributed by atoms with E-state index in [-0.39, 0.29) is 10.6 Å². The van der Waals surface area contributed by atoms with Gasteiger partial charge in [0.2, 0.25) is 0 Å². The Balaban J connectivity index is 2.36. The van der Waals surface area contributed by atoms with Crippen LogP contribution in [-0.4, -0.2) is 8.42 Å². The highest BCUT2D eigenvalue weighted by molar-refractivity contribution is 9.10. The van der Waals surface area contributed by atoms with Gasteiger partial charge in [0.05, 0.1) is 0 Å². The zero-order chi connectivity index (χ0) is 14.9. The fourth-order valence-electron chi connectivity index (χ4n) is 1.76. The Labute approximate surface area is 126 Å². The van der Waals surface area contributed by atoms with Crippen LogP contribution in [0.25, 0.3) is 0 Å². The van der Waals surface area contributed by atoms with E-state index in [1.54, 1.807) is 38.1 Å². The number of halogens is 1. The van der Waals surface area contributed by atoms with Crippen LogP contribution in [0.4, 0.5) is 5.69 Å². The quantitative estimate of drug-likeness (QED) is 0.676. The first kappa shape index (κ1) is 14.9. The predicted molar refractivity (Wildman–Crippen MR) is 82.3 cm³/mol. The lowest BCUT2D eigenvalue weighted by molar-refractivity contribution is 0.486. The molecule has 0 spiro atoms. The van der Waals surface area contributed by atoms with Crippen LogP contribution in [0.15, 0.2) is 45.8 Å². The van der Waals surface area contributed by atoms with Gasteiger partial charge in [0.1, 0.15) is 10.6 Å². The average Bonchev–Trinajstić information content (AvgIpc) is 2.36. The Morgan fingerprint density at radius 2 is 1.55 bits per heavy atom. The molecule has 4 nitrogen and oxygen atoms in total. The van der Waals surface area contributed by atoms with Crippen molar-refractivity contribution in [1.29, 1.82) is 0 Å². The van der Waals surface area contributed by atoms with E-state index in [0.29, 0.717) is 5.69 Å². The Morgan fingerprint density at radius 1 is 1.05 bits per heavy atom. The zero-order valence-electron chi connectivity index (χ0n) is 11.1. The molecule has 0 aromatic heterocycles. The van der Waals surface area contributed by atoms with Gasteiger partial charge in [-0.15, -0.1) is 0 Å². The van der Waals surface area contributed by atoms with E-state index in [1.807, 2.05) is 0 Å². The summed E-state index contributed by atoms with van der Waals surface area (Å²) in [4.78, 5) is 0.104. The van der Waals surface area contributed by atoms with Crippen molar-refractivity contribution in [3.63, 3.8) is 0 Å². The smallest absolute Gasteiger partial charge is 0.339 e. The summed E-state index contributed by atoms with van der Waals surface area (Å²) in [5, 5.41) is 0. The number of aryl methyl sites for hydroxylation is 2. The van der Waals surface area contributed by atoms with E-state index in [4.69, 9.17) is 9.92 Å². The van der Waals surface area contributed by atoms with Crippen LogP contribution >= 0.6 is 15.9 Å². The van der Waals surface area contributed by atoms with Crippen molar-refractivity contribution in [3.8, 4) is 5.75 Å². The highest BCUT2D eigenvalue weighted by Gasteiger charge is 2.17. The van der Waals surface area contributed by atoms with Crippen LogP contribution in [0.3, 0.4) is 0 Å². The molecule has 0 radical (unpaired) electrons. The van der Waals surface area contributed by atoms with Crippen LogP contribution in [0, 0.1) is 13.8 Å². The summed E-state index contributed by atoms with van der Waals surface area (Å²) in [6.45, 7) is 3.61. The van der Waals surface area contributed by atoms with Crippen molar-refractivity contribution >= 4 is 31.7 Å². The monoisotopic (exact) mass is 355 g/mol. The topological polar surface area (TPSA) is 69.4 Å². The molecule has 2 rings (SSSR count). The van der Waals surface area contributed by atoms with Crippen molar-refractivity contribution in [2.24, 2.45) is 0 Å². The van der Waals surface area contributed by atoms with Crippen molar-refractivity contribution < 1.29 is 12.6 Å². The molecule has 0 saturated carbocycles. The van der Waals surface area contributed by atoms with E-state index < -0.39 is 10.1 Å². The van der Waals surface area contributed by atoms with Gasteiger partial charge < -0.3 is 9.92 Å². The van der Waals surface area contributed by atoms with E-state index >= 15 is 0 Å². The second-order valence-electron chi connectivity index (χ2n) is 4.46. The maximum atomic E-state index is 12.2. The number of benzene rings is 2. The molecular weight excluding hydrogens is 342 g/mol. The van der Waals surface area contributed by atoms with Gasteiger partial charge in [-0.1, -0.05) is 15.9 Å². The molecule has 0 fully saturated rings. The third-order valence-corrected chi connectivity index (χ3v) is 4.67. The van der Waals surface area contributed by atoms with E-state index in [1.165, 1.54) is 12.1 Å². The summed E-state index contributed by atoms with van der Waals surface area (Å²) >= 11 is 3.26. The standard InChI is InChI=1S/C14H14BrNO3S/c1-9-7-12(8-10(2)14(9)16)19-20(17,18)13-5-3-11(15)4-6-13/h3-8H,16H2,1-2H3. The average molecular weight is 356 g/mol. The van der Waals surface area contributed by atoms with Crippen LogP contribution in [0.2, 0.25) is 0 Å². The summed E-state index contributed by atoms with van der Waals surface area (Å²) in [5.74, 6) is 0.261. The van der Waals surface area contributed by atoms with Gasteiger partial charge in [-0.05, 0) is 61.4 Å². The van der Waals surface area contributed by atoms with Crippen LogP contribution in [0.5, 0.6) is 5.75 Å². The summed E-state index contributed by atoms with van der Waals surface area (Å²) < 4.78 is 30.3. The molecule has 20 heavy (non-hydrogen) atoms. The third kappa shape index (κ3) is 3.13. The number of rotatable bonds is 3. The molecule has 2 aromatic carbocycles. The Kier molecular flexibility index (Phi) is 4.06. The SMILES string of the molecule is Cc1cc(OS(=O)(=O)c2ccc(Br)cc2)cc(C)c1N. The minimum Gasteiger partial charge on any atom is -0.398 e. The maximum absolute atomic E-state index is 12.2. The number of anilines is 1. The van der Waals surface area contributed by atoms with Gasteiger partial charge in [0.15, 0.2) is 0 Å². The number of nitrogen functional groups attached to an aromatic ring is 1. The highest BCUT2D eigenvalue weighted by Crippen LogP contribution is 2.26. The fourth-order valence-corrected chi connectivity index (χ4v) is 2.94. The molecule has 0 amide bonds. The fraction of sp³-hybridized carbons (Fsp3) is 0.143. The predicted octanol–water partition coefficient (Wildman–Crippen LogP) is 3.42. The minimum absolute atomic E-state index is 0.104. The summed E-state index contributed by atoms with van der Waals surface area (Å²) in [5.41, 5.74) is 8.04. The first-order chi connectivity index (χ1) is 9.29. The lowest BCUT2D eigenvalue weighted by Gasteiger charge is -2.10. The molecule has 0 heterocycles. The van der Waals surface area contributed by atoms with Crippen molar-refractivity contribution in [3.05, 3.63) is 52.0 Å². The number of hydrogen-bond donors (Lipinski definition) is 1. The van der Waals surface area contributed by atoms with Gasteiger partial charge in [-0.25, -0.2) is 0 Å². The van der Waals surface area contributed by atoms with Gasteiger partial charge in [-0.2, -0.15) is 8.42 Å². The van der Waals surface area contributed by atoms with Crippen LogP contribution in [0.1, 0.15) is 11.1 Å². The Morgan fingerprint density at radius 3 is 2.05 bits per heavy atom. The lowest BCUT2D eigenvalue weighted by atomic mass is 10.1. The van der Waals surface area contributed by atoms with Crippen molar-refractivity contribution in [2.45, 2.75) is 18.7 Å². The normalized spacial score (nSPS) is 11.3. The van der Waals surface area contributed by atoms with Gasteiger partial charge >= 0.3 is 10.1 Å². The summed E-state index contributed by atoms with van der Waals surface area (Å²) in [7, 11) is -3.84. The first-order valence-corrected chi connectivity index (χ1v) is 8.06. The molecule has 0 aliphatic carbocycles. The summed E-state index contributed by atoms with van der Waals surface area (Å²) in [6.07, 6.45) is 0. The third-order valence-electron chi connectivity index (χ3n) is 2.88. The molecule has 0 atom stereocenters. The largest absolute Gasteiger partial charge is 0.398 e. The van der Waals surface area contributed by atoms with Crippen LogP contribution in [-0.2, 0) is 10.1 Å². The van der Waals surface area contributed by atoms with Gasteiger partial charge in [0, 0.05) is 10.2 Å². The Hall–Kier alpha value is -1.53. The maximum Gasteiger partial charge on any atom is 0.339 e. The second kappa shape index (κ2) is 5.46. The van der Waals surface area contributed by atoms with E-state index in [0.717, 1.165) is 15.6 Å². The van der Waals surface area contributed by atoms with Gasteiger partial charge in [0.25, 0.3) is 0 Å². The molecule has 0 bridgehead atoms. The van der Waals surface area contributed by atoms with E-state index in [2.05, 4.69) is 15.9 Å². The van der Waals surface area contributed by atoms with Crippen molar-refractivity contribution in [2.75, 3.05) is 5.73 Å². The van der Waals surface area contributed by atoms with Gasteiger partial charge in [-0.3, -0.25) is 0 Å². The molecule has 106 valence electrons. The molecule has 2 aromatic rings. The Bertz CT molecular complexity index is 717. The molecule has 2 N–H and O–H groups in total. The van der Waals surface area contributed by atoms with Crippen molar-refractivity contribution in [1.82, 2.24) is 0 Å². The second-order valence-corrected chi connectivity index (χ2v) is 6.92. The molecule has 6 heteroatoms. The summed E-state index contributed by atoms with van der Waals surface area (Å²) in [6, 6.07) is 9.48. The first-order valence-electron chi connectivity index (χ1n) is 5.86. The van der Waals surface area contributed by atoms with E-state index in [9.17, 15) is 8.42 Å². The number of nitrogens with two attached hydrogens (primary N) is 1. The minimum atomic E-state index is -3.84. The molecule has 0 saturated heterocycles.